The Morgan fingerprint density at radius 2 is 2.16 bits per heavy atom. The molecule has 2 rings (SSSR count). The second kappa shape index (κ2) is 6.33. The van der Waals surface area contributed by atoms with Crippen LogP contribution in [0.25, 0.3) is 0 Å². The summed E-state index contributed by atoms with van der Waals surface area (Å²) in [6.45, 7) is 1.92. The van der Waals surface area contributed by atoms with Crippen molar-refractivity contribution in [3.8, 4) is 0 Å². The van der Waals surface area contributed by atoms with Crippen LogP contribution in [0.4, 0.5) is 0 Å². The van der Waals surface area contributed by atoms with E-state index in [9.17, 15) is 9.59 Å². The maximum Gasteiger partial charge on any atom is 0.438 e. The molecule has 1 aliphatic rings. The molecule has 1 fully saturated rings. The van der Waals surface area contributed by atoms with E-state index < -0.39 is 5.63 Å². The Hall–Kier alpha value is -1.15. The van der Waals surface area contributed by atoms with Gasteiger partial charge in [0, 0.05) is 13.1 Å². The monoisotopic (exact) mass is 302 g/mol. The molecule has 0 aromatic carbocycles. The number of rotatable bonds is 3. The lowest BCUT2D eigenvalue weighted by Gasteiger charge is -2.28. The molecule has 0 amide bonds. The summed E-state index contributed by atoms with van der Waals surface area (Å²) in [5.74, 6) is -0.118. The first-order valence-corrected chi connectivity index (χ1v) is 7.51. The van der Waals surface area contributed by atoms with Gasteiger partial charge in [0.25, 0.3) is 0 Å². The van der Waals surface area contributed by atoms with Crippen LogP contribution < -0.4 is 10.3 Å². The number of nitrogens with zero attached hydrogens (tertiary/aromatic N) is 2. The molecule has 8 heteroatoms. The molecule has 6 nitrogen and oxygen atoms in total. The van der Waals surface area contributed by atoms with Crippen LogP contribution in [0.1, 0.15) is 29.8 Å². The number of aryl methyl sites for hydroxylation is 1. The molecule has 104 valence electrons. The van der Waals surface area contributed by atoms with Gasteiger partial charge in [-0.15, -0.1) is 0 Å². The van der Waals surface area contributed by atoms with E-state index in [1.807, 2.05) is 0 Å². The Bertz CT molecular complexity index is 532. The van der Waals surface area contributed by atoms with E-state index in [2.05, 4.69) is 14.7 Å². The smallest absolute Gasteiger partial charge is 0.358 e. The van der Waals surface area contributed by atoms with E-state index in [0.29, 0.717) is 0 Å². The number of hydrogen-bond donors (Lipinski definition) is 1. The summed E-state index contributed by atoms with van der Waals surface area (Å²) in [6.07, 6.45) is 3.53. The normalized spacial score (nSPS) is 15.5. The van der Waals surface area contributed by atoms with Gasteiger partial charge in [-0.1, -0.05) is 28.7 Å². The van der Waals surface area contributed by atoms with Crippen LogP contribution in [-0.2, 0) is 7.05 Å². The van der Waals surface area contributed by atoms with Gasteiger partial charge in [0.05, 0.1) is 5.75 Å². The van der Waals surface area contributed by atoms with Gasteiger partial charge < -0.3 is 4.90 Å². The van der Waals surface area contributed by atoms with Gasteiger partial charge in [0.2, 0.25) is 5.78 Å². The molecule has 0 radical (unpaired) electrons. The number of thioether (sulfide) groups is 1. The van der Waals surface area contributed by atoms with Gasteiger partial charge in [0.15, 0.2) is 7.05 Å². The summed E-state index contributed by atoms with van der Waals surface area (Å²) in [7, 11) is 1.56. The minimum Gasteiger partial charge on any atom is -0.358 e. The number of aromatic nitrogens is 2. The number of aromatic amines is 1. The molecular weight excluding hydrogens is 286 g/mol. The molecule has 0 atom stereocenters. The Morgan fingerprint density at radius 3 is 2.74 bits per heavy atom. The van der Waals surface area contributed by atoms with E-state index in [-0.39, 0.29) is 17.2 Å². The zero-order valence-corrected chi connectivity index (χ0v) is 12.3. The van der Waals surface area contributed by atoms with Crippen molar-refractivity contribution >= 4 is 34.1 Å². The van der Waals surface area contributed by atoms with Crippen molar-refractivity contribution in [1.29, 1.82) is 0 Å². The Kier molecular flexibility index (Phi) is 4.76. The molecule has 1 aromatic rings. The molecule has 0 saturated carbocycles. The number of piperidine rings is 1. The lowest BCUT2D eigenvalue weighted by Crippen LogP contribution is -2.40. The predicted molar refractivity (Wildman–Crippen MR) is 75.3 cm³/mol. The number of hydrogen-bond acceptors (Lipinski definition) is 5. The Labute approximate surface area is 120 Å². The molecule has 0 unspecified atom stereocenters. The van der Waals surface area contributed by atoms with Crippen LogP contribution in [0.15, 0.2) is 9.32 Å². The first kappa shape index (κ1) is 14.3. The van der Waals surface area contributed by atoms with E-state index in [1.165, 1.54) is 22.9 Å². The van der Waals surface area contributed by atoms with Crippen LogP contribution in [0.2, 0.25) is 0 Å². The fourth-order valence-corrected chi connectivity index (χ4v) is 3.12. The maximum atomic E-state index is 11.9. The summed E-state index contributed by atoms with van der Waals surface area (Å²) >= 11 is 6.61. The van der Waals surface area contributed by atoms with Gasteiger partial charge in [0.1, 0.15) is 4.32 Å². The highest BCUT2D eigenvalue weighted by atomic mass is 32.2. The number of likely N-dealkylation sites (tertiary alicyclic amines) is 1. The standard InChI is InChI=1S/C11H15N3O3S2/c1-13-9(10(16)17-12-13)8(15)7-19-11(18)14-5-3-2-4-6-14/h2-7H2,1H3/p+1. The number of carbonyl (C=O) groups excluding carboxylic acids is 1. The van der Waals surface area contributed by atoms with Crippen LogP contribution >= 0.6 is 24.0 Å². The molecule has 1 N–H and O–H groups in total. The average molecular weight is 302 g/mol. The highest BCUT2D eigenvalue weighted by Gasteiger charge is 2.27. The van der Waals surface area contributed by atoms with Crippen LogP contribution in [0, 0.1) is 0 Å². The molecule has 1 aliphatic heterocycles. The fourth-order valence-electron chi connectivity index (χ4n) is 2.01. The second-order valence-electron chi connectivity index (χ2n) is 4.41. The van der Waals surface area contributed by atoms with Crippen molar-refractivity contribution in [3.05, 3.63) is 16.1 Å². The zero-order valence-electron chi connectivity index (χ0n) is 10.7. The molecule has 1 aromatic heterocycles. The number of carbonyl (C=O) groups is 1. The fraction of sp³-hybridized carbons (Fsp3) is 0.636. The van der Waals surface area contributed by atoms with Gasteiger partial charge in [-0.3, -0.25) is 9.32 Å². The Balaban J connectivity index is 1.90. The largest absolute Gasteiger partial charge is 0.438 e. The number of thiocarbonyl (C=S) groups is 1. The number of nitrogens with one attached hydrogen (secondary N) is 1. The lowest BCUT2D eigenvalue weighted by molar-refractivity contribution is -0.741. The van der Waals surface area contributed by atoms with E-state index in [4.69, 9.17) is 12.2 Å². The third kappa shape index (κ3) is 3.44. The van der Waals surface area contributed by atoms with Crippen LogP contribution in [-0.4, -0.2) is 39.1 Å². The summed E-state index contributed by atoms with van der Waals surface area (Å²) in [5, 5.41) is 2.32. The topological polar surface area (TPSA) is 70.2 Å². The summed E-state index contributed by atoms with van der Waals surface area (Å²) in [6, 6.07) is 0. The van der Waals surface area contributed by atoms with Crippen LogP contribution in [0.5, 0.6) is 0 Å². The molecule has 0 aliphatic carbocycles. The summed E-state index contributed by atoms with van der Waals surface area (Å²) in [5.41, 5.74) is -0.620. The SMILES string of the molecule is C[n+]1[nH]oc(=O)c1C(=O)CSC(=S)N1CCCCC1. The highest BCUT2D eigenvalue weighted by molar-refractivity contribution is 8.23. The van der Waals surface area contributed by atoms with Gasteiger partial charge in [-0.25, -0.2) is 4.79 Å². The molecule has 0 bridgehead atoms. The molecule has 1 saturated heterocycles. The van der Waals surface area contributed by atoms with E-state index >= 15 is 0 Å². The molecule has 0 spiro atoms. The molecular formula is C11H16N3O3S2+. The summed E-state index contributed by atoms with van der Waals surface area (Å²) < 4.78 is 6.57. The number of ketones is 1. The van der Waals surface area contributed by atoms with Crippen LogP contribution in [0.3, 0.4) is 0 Å². The first-order valence-electron chi connectivity index (χ1n) is 6.12. The van der Waals surface area contributed by atoms with Crippen molar-refractivity contribution in [2.75, 3.05) is 18.8 Å². The quantitative estimate of drug-likeness (QED) is 0.497. The van der Waals surface area contributed by atoms with Crippen molar-refractivity contribution < 1.29 is 14.0 Å². The Morgan fingerprint density at radius 1 is 1.47 bits per heavy atom. The zero-order chi connectivity index (χ0) is 13.8. The minimum absolute atomic E-state index is 0.0222. The number of H-pyrrole nitrogens is 1. The average Bonchev–Trinajstić information content (AvgIpc) is 2.76. The van der Waals surface area contributed by atoms with Crippen molar-refractivity contribution in [3.63, 3.8) is 0 Å². The minimum atomic E-state index is -0.642. The molecule has 2 heterocycles. The second-order valence-corrected chi connectivity index (χ2v) is 6.02. The maximum absolute atomic E-state index is 11.9. The lowest BCUT2D eigenvalue weighted by atomic mass is 10.1. The van der Waals surface area contributed by atoms with E-state index in [0.717, 1.165) is 30.3 Å². The van der Waals surface area contributed by atoms with Gasteiger partial charge >= 0.3 is 11.3 Å². The predicted octanol–water partition coefficient (Wildman–Crippen LogP) is 0.479. The summed E-state index contributed by atoms with van der Waals surface area (Å²) in [4.78, 5) is 25.4. The van der Waals surface area contributed by atoms with Gasteiger partial charge in [-0.2, -0.15) is 0 Å². The number of Topliss-reactive ketones (excluding diaryl/α,β-unsaturated/α-hetero) is 1. The van der Waals surface area contributed by atoms with Crippen molar-refractivity contribution in [1.82, 2.24) is 10.2 Å². The first-order chi connectivity index (χ1) is 9.09. The van der Waals surface area contributed by atoms with Crippen molar-refractivity contribution in [2.45, 2.75) is 19.3 Å². The van der Waals surface area contributed by atoms with E-state index in [1.54, 1.807) is 7.05 Å². The highest BCUT2D eigenvalue weighted by Crippen LogP contribution is 2.16. The third-order valence-corrected chi connectivity index (χ3v) is 4.53. The van der Waals surface area contributed by atoms with Gasteiger partial charge in [-0.05, 0) is 24.5 Å². The molecule has 19 heavy (non-hydrogen) atoms. The van der Waals surface area contributed by atoms with Crippen molar-refractivity contribution in [2.24, 2.45) is 7.05 Å². The third-order valence-electron chi connectivity index (χ3n) is 3.01.